The molecule has 6 nitrogen and oxygen atoms in total. The van der Waals surface area contributed by atoms with Gasteiger partial charge in [-0.15, -0.1) is 6.58 Å². The zero-order chi connectivity index (χ0) is 18.4. The predicted molar refractivity (Wildman–Crippen MR) is 99.0 cm³/mol. The summed E-state index contributed by atoms with van der Waals surface area (Å²) in [7, 11) is 1.61. The molecular formula is C20H19N3O3. The fourth-order valence-corrected chi connectivity index (χ4v) is 2.50. The van der Waals surface area contributed by atoms with Crippen molar-refractivity contribution in [2.45, 2.75) is 6.42 Å². The first kappa shape index (κ1) is 17.4. The van der Waals surface area contributed by atoms with E-state index in [0.717, 1.165) is 17.0 Å². The first-order valence-corrected chi connectivity index (χ1v) is 8.14. The summed E-state index contributed by atoms with van der Waals surface area (Å²) in [6, 6.07) is 16.7. The van der Waals surface area contributed by atoms with E-state index in [2.05, 4.69) is 16.7 Å². The van der Waals surface area contributed by atoms with Gasteiger partial charge >= 0.3 is 0 Å². The van der Waals surface area contributed by atoms with Gasteiger partial charge < -0.3 is 14.2 Å². The van der Waals surface area contributed by atoms with Crippen LogP contribution in [0.1, 0.15) is 5.89 Å². The van der Waals surface area contributed by atoms with E-state index in [4.69, 9.17) is 9.26 Å². The fourth-order valence-electron chi connectivity index (χ4n) is 2.50. The maximum atomic E-state index is 12.7. The second kappa shape index (κ2) is 8.11. The standard InChI is InChI=1S/C20H19N3O3/c1-3-13-23(16-7-5-4-6-8-16)19(24)14-18-21-20(22-26-18)15-9-11-17(25-2)12-10-15/h3-12H,1,13-14H2,2H3. The maximum absolute atomic E-state index is 12.7. The number of amides is 1. The number of carbonyl (C=O) groups is 1. The molecule has 0 aliphatic heterocycles. The highest BCUT2D eigenvalue weighted by molar-refractivity contribution is 5.94. The summed E-state index contributed by atoms with van der Waals surface area (Å²) in [5.41, 5.74) is 1.59. The Bertz CT molecular complexity index is 873. The van der Waals surface area contributed by atoms with Crippen LogP contribution in [0.2, 0.25) is 0 Å². The molecule has 0 radical (unpaired) electrons. The van der Waals surface area contributed by atoms with Gasteiger partial charge in [0.05, 0.1) is 7.11 Å². The minimum atomic E-state index is -0.138. The van der Waals surface area contributed by atoms with Gasteiger partial charge in [-0.05, 0) is 36.4 Å². The fraction of sp³-hybridized carbons (Fsp3) is 0.150. The summed E-state index contributed by atoms with van der Waals surface area (Å²) < 4.78 is 10.4. The van der Waals surface area contributed by atoms with Gasteiger partial charge in [-0.2, -0.15) is 4.98 Å². The number of benzene rings is 2. The van der Waals surface area contributed by atoms with E-state index < -0.39 is 0 Å². The number of anilines is 1. The van der Waals surface area contributed by atoms with Crippen molar-refractivity contribution in [2.24, 2.45) is 0 Å². The average molecular weight is 349 g/mol. The molecule has 132 valence electrons. The normalized spacial score (nSPS) is 10.3. The Hall–Kier alpha value is -3.41. The highest BCUT2D eigenvalue weighted by atomic mass is 16.5. The number of para-hydroxylation sites is 1. The second-order valence-electron chi connectivity index (χ2n) is 5.55. The summed E-state index contributed by atoms with van der Waals surface area (Å²) in [6.07, 6.45) is 1.70. The lowest BCUT2D eigenvalue weighted by atomic mass is 10.2. The number of hydrogen-bond acceptors (Lipinski definition) is 5. The average Bonchev–Trinajstić information content (AvgIpc) is 3.15. The van der Waals surface area contributed by atoms with Crippen LogP contribution in [0, 0.1) is 0 Å². The Kier molecular flexibility index (Phi) is 5.43. The van der Waals surface area contributed by atoms with Crippen LogP contribution >= 0.6 is 0 Å². The monoisotopic (exact) mass is 349 g/mol. The van der Waals surface area contributed by atoms with Gasteiger partial charge in [0.2, 0.25) is 17.6 Å². The van der Waals surface area contributed by atoms with Crippen molar-refractivity contribution < 1.29 is 14.1 Å². The summed E-state index contributed by atoms with van der Waals surface area (Å²) in [4.78, 5) is 18.6. The molecule has 0 unspecified atom stereocenters. The van der Waals surface area contributed by atoms with Crippen LogP contribution in [0.3, 0.4) is 0 Å². The molecule has 0 aliphatic carbocycles. The molecule has 1 heterocycles. The molecule has 0 aliphatic rings. The molecule has 0 fully saturated rings. The molecule has 2 aromatic carbocycles. The SMILES string of the molecule is C=CCN(C(=O)Cc1nc(-c2ccc(OC)cc2)no1)c1ccccc1. The minimum Gasteiger partial charge on any atom is -0.497 e. The maximum Gasteiger partial charge on any atom is 0.236 e. The number of rotatable bonds is 7. The van der Waals surface area contributed by atoms with E-state index in [1.54, 1.807) is 18.1 Å². The molecule has 0 saturated heterocycles. The molecule has 6 heteroatoms. The molecule has 1 amide bonds. The van der Waals surface area contributed by atoms with Gasteiger partial charge in [-0.25, -0.2) is 0 Å². The molecule has 0 saturated carbocycles. The molecule has 0 spiro atoms. The summed E-state index contributed by atoms with van der Waals surface area (Å²) in [5.74, 6) is 1.31. The third kappa shape index (κ3) is 3.97. The zero-order valence-corrected chi connectivity index (χ0v) is 14.5. The van der Waals surface area contributed by atoms with Crippen molar-refractivity contribution in [3.8, 4) is 17.1 Å². The van der Waals surface area contributed by atoms with E-state index >= 15 is 0 Å². The van der Waals surface area contributed by atoms with Crippen molar-refractivity contribution in [3.63, 3.8) is 0 Å². The smallest absolute Gasteiger partial charge is 0.236 e. The van der Waals surface area contributed by atoms with Gasteiger partial charge in [-0.3, -0.25) is 4.79 Å². The largest absolute Gasteiger partial charge is 0.497 e. The molecule has 0 N–H and O–H groups in total. The third-order valence-corrected chi connectivity index (χ3v) is 3.80. The van der Waals surface area contributed by atoms with Crippen molar-refractivity contribution in [1.29, 1.82) is 0 Å². The van der Waals surface area contributed by atoms with Crippen molar-refractivity contribution >= 4 is 11.6 Å². The summed E-state index contributed by atoms with van der Waals surface area (Å²) in [6.45, 7) is 4.12. The topological polar surface area (TPSA) is 68.5 Å². The van der Waals surface area contributed by atoms with Gasteiger partial charge in [0.1, 0.15) is 12.2 Å². The van der Waals surface area contributed by atoms with E-state index in [-0.39, 0.29) is 18.2 Å². The number of nitrogens with zero attached hydrogens (tertiary/aromatic N) is 3. The van der Waals surface area contributed by atoms with Crippen molar-refractivity contribution in [1.82, 2.24) is 10.1 Å². The van der Waals surface area contributed by atoms with E-state index in [9.17, 15) is 4.79 Å². The highest BCUT2D eigenvalue weighted by Crippen LogP contribution is 2.20. The van der Waals surface area contributed by atoms with Crippen molar-refractivity contribution in [2.75, 3.05) is 18.6 Å². The number of carbonyl (C=O) groups excluding carboxylic acids is 1. The Balaban J connectivity index is 1.74. The lowest BCUT2D eigenvalue weighted by molar-refractivity contribution is -0.118. The molecular weight excluding hydrogens is 330 g/mol. The first-order valence-electron chi connectivity index (χ1n) is 8.14. The van der Waals surface area contributed by atoms with Gasteiger partial charge in [0.15, 0.2) is 0 Å². The predicted octanol–water partition coefficient (Wildman–Crippen LogP) is 3.51. The Morgan fingerprint density at radius 3 is 2.58 bits per heavy atom. The molecule has 0 atom stereocenters. The molecule has 0 bridgehead atoms. The van der Waals surface area contributed by atoms with Gasteiger partial charge in [0, 0.05) is 17.8 Å². The van der Waals surface area contributed by atoms with Crippen LogP contribution in [0.4, 0.5) is 5.69 Å². The number of ether oxygens (including phenoxy) is 1. The second-order valence-corrected chi connectivity index (χ2v) is 5.55. The zero-order valence-electron chi connectivity index (χ0n) is 14.5. The van der Waals surface area contributed by atoms with Crippen LogP contribution in [0.5, 0.6) is 5.75 Å². The van der Waals surface area contributed by atoms with Crippen LogP contribution in [-0.2, 0) is 11.2 Å². The molecule has 3 aromatic rings. The van der Waals surface area contributed by atoms with E-state index in [0.29, 0.717) is 12.4 Å². The third-order valence-electron chi connectivity index (χ3n) is 3.80. The summed E-state index contributed by atoms with van der Waals surface area (Å²) in [5, 5.41) is 3.96. The quantitative estimate of drug-likeness (QED) is 0.611. The lowest BCUT2D eigenvalue weighted by Gasteiger charge is -2.20. The van der Waals surface area contributed by atoms with E-state index in [1.165, 1.54) is 0 Å². The Morgan fingerprint density at radius 1 is 1.19 bits per heavy atom. The highest BCUT2D eigenvalue weighted by Gasteiger charge is 2.19. The van der Waals surface area contributed by atoms with Crippen molar-refractivity contribution in [3.05, 3.63) is 73.1 Å². The van der Waals surface area contributed by atoms with Crippen LogP contribution in [-0.4, -0.2) is 29.7 Å². The van der Waals surface area contributed by atoms with E-state index in [1.807, 2.05) is 54.6 Å². The minimum absolute atomic E-state index is 0.0197. The first-order chi connectivity index (χ1) is 12.7. The van der Waals surface area contributed by atoms with Crippen LogP contribution < -0.4 is 9.64 Å². The van der Waals surface area contributed by atoms with Gasteiger partial charge in [0.25, 0.3) is 0 Å². The number of methoxy groups -OCH3 is 1. The van der Waals surface area contributed by atoms with Crippen LogP contribution in [0.15, 0.2) is 71.8 Å². The molecule has 3 rings (SSSR count). The lowest BCUT2D eigenvalue weighted by Crippen LogP contribution is -2.32. The molecule has 26 heavy (non-hydrogen) atoms. The Labute approximate surface area is 151 Å². The Morgan fingerprint density at radius 2 is 1.92 bits per heavy atom. The number of aromatic nitrogens is 2. The summed E-state index contributed by atoms with van der Waals surface area (Å²) >= 11 is 0. The van der Waals surface area contributed by atoms with Gasteiger partial charge in [-0.1, -0.05) is 29.4 Å². The number of hydrogen-bond donors (Lipinski definition) is 0. The molecule has 1 aromatic heterocycles. The van der Waals surface area contributed by atoms with Crippen LogP contribution in [0.25, 0.3) is 11.4 Å².